The first-order valence-corrected chi connectivity index (χ1v) is 13.2. The number of benzene rings is 4. The van der Waals surface area contributed by atoms with Gasteiger partial charge in [0.15, 0.2) is 0 Å². The summed E-state index contributed by atoms with van der Waals surface area (Å²) in [6.07, 6.45) is -4.62. The van der Waals surface area contributed by atoms with Gasteiger partial charge in [0.1, 0.15) is 0 Å². The van der Waals surface area contributed by atoms with Gasteiger partial charge in [-0.05, 0) is 85.0 Å². The van der Waals surface area contributed by atoms with Crippen LogP contribution in [0.15, 0.2) is 83.8 Å². The number of aryl methyl sites for hydroxylation is 3. The summed E-state index contributed by atoms with van der Waals surface area (Å²) >= 11 is 6.50. The van der Waals surface area contributed by atoms with Crippen LogP contribution in [0, 0.1) is 20.8 Å². The molecule has 192 valence electrons. The number of halogens is 4. The van der Waals surface area contributed by atoms with Crippen LogP contribution in [0.4, 0.5) is 13.2 Å². The van der Waals surface area contributed by atoms with Crippen LogP contribution in [0.1, 0.15) is 27.8 Å². The minimum absolute atomic E-state index is 0.0465. The maximum absolute atomic E-state index is 13.5. The van der Waals surface area contributed by atoms with Crippen LogP contribution in [0.5, 0.6) is 0 Å². The summed E-state index contributed by atoms with van der Waals surface area (Å²) in [5.41, 5.74) is 4.74. The van der Waals surface area contributed by atoms with Gasteiger partial charge in [0.05, 0.1) is 17.1 Å². The van der Waals surface area contributed by atoms with Crippen molar-refractivity contribution in [2.75, 3.05) is 0 Å². The van der Waals surface area contributed by atoms with E-state index in [1.165, 1.54) is 18.2 Å². The Morgan fingerprint density at radius 3 is 2.05 bits per heavy atom. The minimum atomic E-state index is -4.62. The molecule has 0 saturated heterocycles. The van der Waals surface area contributed by atoms with Crippen molar-refractivity contribution in [3.05, 3.63) is 112 Å². The van der Waals surface area contributed by atoms with E-state index in [2.05, 4.69) is 0 Å². The topological polar surface area (TPSA) is 43.4 Å². The second-order valence-corrected chi connectivity index (χ2v) is 10.9. The average molecular weight is 545 g/mol. The fourth-order valence-electron chi connectivity index (χ4n) is 4.10. The monoisotopic (exact) mass is 544 g/mol. The normalized spacial score (nSPS) is 12.1. The molecule has 0 aliphatic carbocycles. The number of alkyl halides is 3. The lowest BCUT2D eigenvalue weighted by Gasteiger charge is -2.17. The summed E-state index contributed by atoms with van der Waals surface area (Å²) in [4.78, 5) is -0.0819. The van der Waals surface area contributed by atoms with Crippen LogP contribution in [0.3, 0.4) is 0 Å². The van der Waals surface area contributed by atoms with Crippen molar-refractivity contribution in [3.8, 4) is 22.3 Å². The summed E-state index contributed by atoms with van der Waals surface area (Å²) in [6, 6.07) is 20.5. The summed E-state index contributed by atoms with van der Waals surface area (Å²) < 4.78 is 71.3. The van der Waals surface area contributed by atoms with Gasteiger partial charge in [-0.1, -0.05) is 65.2 Å². The summed E-state index contributed by atoms with van der Waals surface area (Å²) in [5.74, 6) is 0. The van der Waals surface area contributed by atoms with E-state index in [4.69, 9.17) is 15.8 Å². The Morgan fingerprint density at radius 2 is 1.41 bits per heavy atom. The highest BCUT2D eigenvalue weighted by molar-refractivity contribution is 7.86. The lowest BCUT2D eigenvalue weighted by atomic mass is 9.93. The zero-order valence-corrected chi connectivity index (χ0v) is 21.9. The summed E-state index contributed by atoms with van der Waals surface area (Å²) in [7, 11) is -4.21. The molecule has 8 heteroatoms. The largest absolute Gasteiger partial charge is 0.416 e. The molecule has 0 fully saturated rings. The number of rotatable bonds is 6. The van der Waals surface area contributed by atoms with Gasteiger partial charge in [-0.2, -0.15) is 21.6 Å². The van der Waals surface area contributed by atoms with E-state index < -0.39 is 28.5 Å². The fourth-order valence-corrected chi connectivity index (χ4v) is 5.21. The standard InChI is InChI=1S/C29H24ClF3O3S/c1-18-4-9-24(10-5-18)37(34,35)36-17-22-15-23(29(31,32)33)8-12-26(22)27-16-21(7-13-28(27)30)25-11-6-19(2)14-20(25)3/h4-16H,17H2,1-3H3. The molecule has 0 aliphatic rings. The van der Waals surface area contributed by atoms with Gasteiger partial charge in [0.2, 0.25) is 0 Å². The molecular weight excluding hydrogens is 521 g/mol. The minimum Gasteiger partial charge on any atom is -0.262 e. The molecule has 4 aromatic carbocycles. The van der Waals surface area contributed by atoms with E-state index >= 15 is 0 Å². The second kappa shape index (κ2) is 10.3. The lowest BCUT2D eigenvalue weighted by molar-refractivity contribution is -0.137. The maximum Gasteiger partial charge on any atom is 0.416 e. The van der Waals surface area contributed by atoms with Crippen LogP contribution in [0.25, 0.3) is 22.3 Å². The second-order valence-electron chi connectivity index (χ2n) is 8.91. The van der Waals surface area contributed by atoms with Crippen molar-refractivity contribution in [2.45, 2.75) is 38.4 Å². The van der Waals surface area contributed by atoms with Crippen LogP contribution >= 0.6 is 11.6 Å². The molecule has 0 saturated carbocycles. The molecule has 0 aliphatic heterocycles. The van der Waals surface area contributed by atoms with E-state index in [1.807, 2.05) is 45.0 Å². The van der Waals surface area contributed by atoms with Gasteiger partial charge in [-0.25, -0.2) is 0 Å². The zero-order chi connectivity index (χ0) is 27.0. The summed E-state index contributed by atoms with van der Waals surface area (Å²) in [5, 5.41) is 0.316. The zero-order valence-electron chi connectivity index (χ0n) is 20.4. The summed E-state index contributed by atoms with van der Waals surface area (Å²) in [6.45, 7) is 5.18. The van der Waals surface area contributed by atoms with E-state index in [1.54, 1.807) is 24.3 Å². The third-order valence-electron chi connectivity index (χ3n) is 6.06. The Hall–Kier alpha value is -3.13. The Balaban J connectivity index is 1.79. The number of hydrogen-bond acceptors (Lipinski definition) is 3. The SMILES string of the molecule is Cc1ccc(S(=O)(=O)OCc2cc(C(F)(F)F)ccc2-c2cc(-c3ccc(C)cc3C)ccc2Cl)cc1. The van der Waals surface area contributed by atoms with Gasteiger partial charge in [0, 0.05) is 10.6 Å². The molecule has 37 heavy (non-hydrogen) atoms. The molecule has 4 rings (SSSR count). The van der Waals surface area contributed by atoms with E-state index in [-0.39, 0.29) is 10.5 Å². The van der Waals surface area contributed by atoms with Gasteiger partial charge in [0.25, 0.3) is 10.1 Å². The molecule has 0 spiro atoms. The van der Waals surface area contributed by atoms with Gasteiger partial charge < -0.3 is 0 Å². The molecule has 0 radical (unpaired) electrons. The first-order chi connectivity index (χ1) is 17.3. The molecule has 3 nitrogen and oxygen atoms in total. The van der Waals surface area contributed by atoms with Crippen LogP contribution in [-0.2, 0) is 27.1 Å². The lowest BCUT2D eigenvalue weighted by Crippen LogP contribution is -2.10. The van der Waals surface area contributed by atoms with E-state index in [0.29, 0.717) is 16.1 Å². The third-order valence-corrected chi connectivity index (χ3v) is 7.67. The van der Waals surface area contributed by atoms with Crippen molar-refractivity contribution in [1.29, 1.82) is 0 Å². The van der Waals surface area contributed by atoms with Gasteiger partial charge in [-0.3, -0.25) is 4.18 Å². The molecule has 0 heterocycles. The molecular formula is C29H24ClF3O3S. The van der Waals surface area contributed by atoms with E-state index in [9.17, 15) is 21.6 Å². The van der Waals surface area contributed by atoms with E-state index in [0.717, 1.165) is 39.9 Å². The highest BCUT2D eigenvalue weighted by Gasteiger charge is 2.31. The van der Waals surface area contributed by atoms with Crippen molar-refractivity contribution in [2.24, 2.45) is 0 Å². The Morgan fingerprint density at radius 1 is 0.757 bits per heavy atom. The van der Waals surface area contributed by atoms with Crippen molar-refractivity contribution in [1.82, 2.24) is 0 Å². The third kappa shape index (κ3) is 6.06. The molecule has 0 aromatic heterocycles. The predicted octanol–water partition coefficient (Wildman–Crippen LogP) is 8.52. The molecule has 0 unspecified atom stereocenters. The Bertz CT molecular complexity index is 1560. The highest BCUT2D eigenvalue weighted by Crippen LogP contribution is 2.39. The van der Waals surface area contributed by atoms with Crippen molar-refractivity contribution < 1.29 is 25.8 Å². The van der Waals surface area contributed by atoms with Crippen LogP contribution in [0.2, 0.25) is 5.02 Å². The molecule has 0 atom stereocenters. The molecule has 0 amide bonds. The average Bonchev–Trinajstić information content (AvgIpc) is 2.83. The van der Waals surface area contributed by atoms with Crippen molar-refractivity contribution in [3.63, 3.8) is 0 Å². The quantitative estimate of drug-likeness (QED) is 0.228. The Labute approximate surface area is 219 Å². The molecule has 0 bridgehead atoms. The van der Waals surface area contributed by atoms with Gasteiger partial charge in [-0.15, -0.1) is 0 Å². The number of hydrogen-bond donors (Lipinski definition) is 0. The predicted molar refractivity (Wildman–Crippen MR) is 140 cm³/mol. The Kier molecular flexibility index (Phi) is 7.51. The van der Waals surface area contributed by atoms with Gasteiger partial charge >= 0.3 is 6.18 Å². The van der Waals surface area contributed by atoms with Crippen LogP contribution < -0.4 is 0 Å². The van der Waals surface area contributed by atoms with Crippen LogP contribution in [-0.4, -0.2) is 8.42 Å². The first-order valence-electron chi connectivity index (χ1n) is 11.4. The molecule has 0 N–H and O–H groups in total. The highest BCUT2D eigenvalue weighted by atomic mass is 35.5. The molecule has 4 aromatic rings. The maximum atomic E-state index is 13.5. The fraction of sp³-hybridized carbons (Fsp3) is 0.172. The van der Waals surface area contributed by atoms with Crippen molar-refractivity contribution >= 4 is 21.7 Å². The first kappa shape index (κ1) is 26.9. The smallest absolute Gasteiger partial charge is 0.262 e.